The smallest absolute Gasteiger partial charge is 0.323 e. The molecule has 15 heavy (non-hydrogen) atoms. The number of Topliss-reactive ketones (excluding diaryl/α,β-unsaturated/α-hetero) is 1. The topological polar surface area (TPSA) is 69.4 Å². The maximum absolute atomic E-state index is 11.2. The van der Waals surface area contributed by atoms with Gasteiger partial charge in [0.2, 0.25) is 0 Å². The van der Waals surface area contributed by atoms with Gasteiger partial charge in [0.25, 0.3) is 0 Å². The summed E-state index contributed by atoms with van der Waals surface area (Å²) in [5, 5.41) is 0. The van der Waals surface area contributed by atoms with E-state index in [9.17, 15) is 9.59 Å². The van der Waals surface area contributed by atoms with Gasteiger partial charge in [0.05, 0.1) is 6.61 Å². The number of carbonyl (C=O) groups is 2. The third kappa shape index (κ3) is 8.12. The van der Waals surface area contributed by atoms with Gasteiger partial charge in [0.15, 0.2) is 0 Å². The zero-order valence-corrected chi connectivity index (χ0v) is 9.62. The standard InChI is InChI=1S/C11H21NO3/c1-3-4-5-6-7-15-11(14)10(12)8-9(2)13/h10H,3-8,12H2,1-2H3. The molecule has 0 saturated heterocycles. The molecule has 0 heterocycles. The molecule has 1 atom stereocenters. The Labute approximate surface area is 91.2 Å². The van der Waals surface area contributed by atoms with Crippen LogP contribution < -0.4 is 5.73 Å². The first-order valence-electron chi connectivity index (χ1n) is 5.49. The highest BCUT2D eigenvalue weighted by Gasteiger charge is 2.16. The van der Waals surface area contributed by atoms with E-state index in [1.54, 1.807) is 0 Å². The number of unbranched alkanes of at least 4 members (excludes halogenated alkanes) is 3. The molecule has 0 bridgehead atoms. The Morgan fingerprint density at radius 2 is 1.93 bits per heavy atom. The Hall–Kier alpha value is -0.900. The zero-order valence-electron chi connectivity index (χ0n) is 9.62. The second kappa shape index (κ2) is 8.41. The molecule has 4 heteroatoms. The van der Waals surface area contributed by atoms with E-state index >= 15 is 0 Å². The molecule has 0 aromatic rings. The molecule has 0 fully saturated rings. The summed E-state index contributed by atoms with van der Waals surface area (Å²) in [6.45, 7) is 3.94. The lowest BCUT2D eigenvalue weighted by atomic mass is 10.2. The largest absolute Gasteiger partial charge is 0.465 e. The minimum atomic E-state index is -0.798. The van der Waals surface area contributed by atoms with Crippen LogP contribution >= 0.6 is 0 Å². The molecule has 0 aliphatic rings. The number of carbonyl (C=O) groups excluding carboxylic acids is 2. The van der Waals surface area contributed by atoms with Crippen molar-refractivity contribution in [2.75, 3.05) is 6.61 Å². The van der Waals surface area contributed by atoms with E-state index in [1.807, 2.05) is 0 Å². The summed E-state index contributed by atoms with van der Waals surface area (Å²) < 4.78 is 4.94. The van der Waals surface area contributed by atoms with E-state index in [1.165, 1.54) is 6.92 Å². The van der Waals surface area contributed by atoms with Crippen LogP contribution in [-0.4, -0.2) is 24.4 Å². The Bertz CT molecular complexity index is 204. The Morgan fingerprint density at radius 3 is 2.47 bits per heavy atom. The molecule has 4 nitrogen and oxygen atoms in total. The van der Waals surface area contributed by atoms with Crippen LogP contribution in [0.15, 0.2) is 0 Å². The van der Waals surface area contributed by atoms with Crippen LogP contribution in [0.2, 0.25) is 0 Å². The van der Waals surface area contributed by atoms with Crippen LogP contribution in [0, 0.1) is 0 Å². The number of esters is 1. The van der Waals surface area contributed by atoms with E-state index in [2.05, 4.69) is 6.92 Å². The molecule has 0 saturated carbocycles. The van der Waals surface area contributed by atoms with Crippen molar-refractivity contribution in [3.8, 4) is 0 Å². The van der Waals surface area contributed by atoms with Gasteiger partial charge in [-0.05, 0) is 13.3 Å². The fraction of sp³-hybridized carbons (Fsp3) is 0.818. The second-order valence-corrected chi connectivity index (χ2v) is 3.74. The van der Waals surface area contributed by atoms with Gasteiger partial charge in [-0.3, -0.25) is 9.59 Å². The first kappa shape index (κ1) is 14.1. The average Bonchev–Trinajstić information content (AvgIpc) is 2.16. The van der Waals surface area contributed by atoms with Crippen molar-refractivity contribution in [1.29, 1.82) is 0 Å². The summed E-state index contributed by atoms with van der Waals surface area (Å²) in [6.07, 6.45) is 4.29. The van der Waals surface area contributed by atoms with Crippen molar-refractivity contribution < 1.29 is 14.3 Å². The molecule has 2 N–H and O–H groups in total. The quantitative estimate of drug-likeness (QED) is 0.491. The molecule has 0 spiro atoms. The predicted octanol–water partition coefficient (Wildman–Crippen LogP) is 1.42. The number of hydrogen-bond donors (Lipinski definition) is 1. The van der Waals surface area contributed by atoms with Crippen molar-refractivity contribution in [1.82, 2.24) is 0 Å². The van der Waals surface area contributed by atoms with E-state index in [0.29, 0.717) is 6.61 Å². The van der Waals surface area contributed by atoms with Crippen LogP contribution in [0.3, 0.4) is 0 Å². The number of ketones is 1. The lowest BCUT2D eigenvalue weighted by Crippen LogP contribution is -2.34. The number of ether oxygens (including phenoxy) is 1. The summed E-state index contributed by atoms with van der Waals surface area (Å²) in [5.41, 5.74) is 5.46. The number of hydrogen-bond acceptors (Lipinski definition) is 4. The summed E-state index contributed by atoms with van der Waals surface area (Å²) in [7, 11) is 0. The first-order chi connectivity index (χ1) is 7.07. The molecule has 0 aromatic carbocycles. The molecule has 0 radical (unpaired) electrons. The molecule has 0 aromatic heterocycles. The monoisotopic (exact) mass is 215 g/mol. The lowest BCUT2D eigenvalue weighted by Gasteiger charge is -2.09. The van der Waals surface area contributed by atoms with Gasteiger partial charge < -0.3 is 10.5 Å². The molecule has 0 rings (SSSR count). The summed E-state index contributed by atoms with van der Waals surface area (Å²) in [4.78, 5) is 21.9. The van der Waals surface area contributed by atoms with Gasteiger partial charge in [-0.25, -0.2) is 0 Å². The van der Waals surface area contributed by atoms with Gasteiger partial charge in [0.1, 0.15) is 11.8 Å². The molecule has 0 amide bonds. The minimum absolute atomic E-state index is 0.0633. The average molecular weight is 215 g/mol. The number of nitrogens with two attached hydrogens (primary N) is 1. The molecular weight excluding hydrogens is 194 g/mol. The third-order valence-corrected chi connectivity index (χ3v) is 2.05. The molecule has 0 aliphatic heterocycles. The van der Waals surface area contributed by atoms with E-state index < -0.39 is 12.0 Å². The highest BCUT2D eigenvalue weighted by Crippen LogP contribution is 2.00. The van der Waals surface area contributed by atoms with E-state index in [0.717, 1.165) is 25.7 Å². The maximum atomic E-state index is 11.2. The molecule has 88 valence electrons. The van der Waals surface area contributed by atoms with Crippen LogP contribution in [0.25, 0.3) is 0 Å². The van der Waals surface area contributed by atoms with Crippen molar-refractivity contribution >= 4 is 11.8 Å². The molecular formula is C11H21NO3. The van der Waals surface area contributed by atoms with E-state index in [4.69, 9.17) is 10.5 Å². The Kier molecular flexibility index (Phi) is 7.91. The SMILES string of the molecule is CCCCCCOC(=O)C(N)CC(C)=O. The van der Waals surface area contributed by atoms with Crippen LogP contribution in [0.1, 0.15) is 46.0 Å². The highest BCUT2D eigenvalue weighted by molar-refractivity contribution is 5.84. The molecule has 0 aliphatic carbocycles. The Balaban J connectivity index is 3.51. The zero-order chi connectivity index (χ0) is 11.7. The summed E-state index contributed by atoms with van der Waals surface area (Å²) in [5.74, 6) is -0.563. The third-order valence-electron chi connectivity index (χ3n) is 2.05. The normalized spacial score (nSPS) is 12.2. The first-order valence-corrected chi connectivity index (χ1v) is 5.49. The number of rotatable bonds is 8. The fourth-order valence-corrected chi connectivity index (χ4v) is 1.20. The van der Waals surface area contributed by atoms with Crippen molar-refractivity contribution in [3.63, 3.8) is 0 Å². The molecule has 1 unspecified atom stereocenters. The highest BCUT2D eigenvalue weighted by atomic mass is 16.5. The van der Waals surface area contributed by atoms with Crippen LogP contribution in [-0.2, 0) is 14.3 Å². The van der Waals surface area contributed by atoms with Crippen molar-refractivity contribution in [2.45, 2.75) is 52.0 Å². The van der Waals surface area contributed by atoms with Crippen LogP contribution in [0.5, 0.6) is 0 Å². The fourth-order valence-electron chi connectivity index (χ4n) is 1.20. The van der Waals surface area contributed by atoms with E-state index in [-0.39, 0.29) is 12.2 Å². The second-order valence-electron chi connectivity index (χ2n) is 3.74. The van der Waals surface area contributed by atoms with Crippen molar-refractivity contribution in [3.05, 3.63) is 0 Å². The van der Waals surface area contributed by atoms with Crippen molar-refractivity contribution in [2.24, 2.45) is 5.73 Å². The van der Waals surface area contributed by atoms with Gasteiger partial charge in [-0.2, -0.15) is 0 Å². The predicted molar refractivity (Wildman–Crippen MR) is 58.4 cm³/mol. The summed E-state index contributed by atoms with van der Waals surface area (Å²) in [6, 6.07) is -0.798. The van der Waals surface area contributed by atoms with Gasteiger partial charge in [-0.1, -0.05) is 26.2 Å². The Morgan fingerprint density at radius 1 is 1.27 bits per heavy atom. The minimum Gasteiger partial charge on any atom is -0.465 e. The van der Waals surface area contributed by atoms with Gasteiger partial charge >= 0.3 is 5.97 Å². The van der Waals surface area contributed by atoms with Gasteiger partial charge in [0, 0.05) is 6.42 Å². The van der Waals surface area contributed by atoms with Crippen LogP contribution in [0.4, 0.5) is 0 Å². The van der Waals surface area contributed by atoms with Gasteiger partial charge in [-0.15, -0.1) is 0 Å². The summed E-state index contributed by atoms with van der Waals surface area (Å²) >= 11 is 0. The lowest BCUT2D eigenvalue weighted by molar-refractivity contribution is -0.146. The maximum Gasteiger partial charge on any atom is 0.323 e.